The molecule has 0 aromatic carbocycles. The number of rotatable bonds is 0. The van der Waals surface area contributed by atoms with Crippen molar-refractivity contribution >= 4 is 11.8 Å². The maximum Gasteiger partial charge on any atom is 0.311 e. The van der Waals surface area contributed by atoms with Crippen molar-refractivity contribution in [1.82, 2.24) is 0 Å². The van der Waals surface area contributed by atoms with Gasteiger partial charge in [-0.05, 0) is 5.92 Å². The third-order valence-corrected chi connectivity index (χ3v) is 4.09. The lowest BCUT2D eigenvalue weighted by Crippen LogP contribution is -2.61. The Labute approximate surface area is 82.1 Å². The molecule has 0 N–H and O–H groups in total. The van der Waals surface area contributed by atoms with Crippen molar-refractivity contribution in [1.29, 1.82) is 0 Å². The molecule has 0 aromatic heterocycles. The van der Waals surface area contributed by atoms with Gasteiger partial charge < -0.3 is 4.74 Å². The number of ketones is 1. The Bertz CT molecular complexity index is 371. The molecule has 0 radical (unpaired) electrons. The second kappa shape index (κ2) is 2.10. The largest absolute Gasteiger partial charge is 0.453 e. The fraction of sp³-hybridized carbons (Fsp3) is 0.636. The van der Waals surface area contributed by atoms with Crippen LogP contribution in [0.3, 0.4) is 0 Å². The summed E-state index contributed by atoms with van der Waals surface area (Å²) in [5, 5.41) is 0. The smallest absolute Gasteiger partial charge is 0.311 e. The second-order valence-electron chi connectivity index (χ2n) is 4.78. The van der Waals surface area contributed by atoms with E-state index in [0.717, 1.165) is 0 Å². The number of hydrogen-bond donors (Lipinski definition) is 0. The Kier molecular flexibility index (Phi) is 1.23. The van der Waals surface area contributed by atoms with Crippen LogP contribution >= 0.6 is 0 Å². The molecule has 2 fully saturated rings. The highest BCUT2D eigenvalue weighted by atomic mass is 16.6. The van der Waals surface area contributed by atoms with E-state index in [1.165, 1.54) is 0 Å². The summed E-state index contributed by atoms with van der Waals surface area (Å²) in [4.78, 5) is 23.2. The van der Waals surface area contributed by atoms with Crippen LogP contribution in [-0.2, 0) is 14.3 Å². The van der Waals surface area contributed by atoms with Crippen LogP contribution in [0.15, 0.2) is 12.2 Å². The Hall–Kier alpha value is -1.12. The molecule has 1 saturated carbocycles. The van der Waals surface area contributed by atoms with Crippen LogP contribution in [0.25, 0.3) is 0 Å². The summed E-state index contributed by atoms with van der Waals surface area (Å²) in [6.45, 7) is 4.01. The molecule has 1 saturated heterocycles. The summed E-state index contributed by atoms with van der Waals surface area (Å²) >= 11 is 0. The van der Waals surface area contributed by atoms with Gasteiger partial charge in [0.1, 0.15) is 0 Å². The van der Waals surface area contributed by atoms with Crippen LogP contribution in [0.5, 0.6) is 0 Å². The van der Waals surface area contributed by atoms with Gasteiger partial charge in [-0.2, -0.15) is 0 Å². The maximum absolute atomic E-state index is 11.6. The van der Waals surface area contributed by atoms with Gasteiger partial charge in [0.25, 0.3) is 0 Å². The van der Waals surface area contributed by atoms with E-state index in [1.807, 2.05) is 26.0 Å². The zero-order valence-corrected chi connectivity index (χ0v) is 8.19. The Balaban J connectivity index is 2.15. The molecule has 0 bridgehead atoms. The summed E-state index contributed by atoms with van der Waals surface area (Å²) in [5.41, 5.74) is -0.248. The van der Waals surface area contributed by atoms with Crippen LogP contribution in [0, 0.1) is 23.2 Å². The monoisotopic (exact) mass is 192 g/mol. The van der Waals surface area contributed by atoms with Crippen molar-refractivity contribution in [2.24, 2.45) is 23.2 Å². The van der Waals surface area contributed by atoms with Crippen molar-refractivity contribution in [3.05, 3.63) is 12.2 Å². The minimum Gasteiger partial charge on any atom is -0.453 e. The van der Waals surface area contributed by atoms with E-state index < -0.39 is 6.10 Å². The van der Waals surface area contributed by atoms with Gasteiger partial charge in [-0.1, -0.05) is 26.0 Å². The zero-order chi connectivity index (χ0) is 10.1. The molecule has 1 aliphatic heterocycles. The molecule has 2 aliphatic carbocycles. The second-order valence-corrected chi connectivity index (χ2v) is 4.78. The van der Waals surface area contributed by atoms with Crippen molar-refractivity contribution in [2.45, 2.75) is 20.0 Å². The Morgan fingerprint density at radius 3 is 2.79 bits per heavy atom. The minimum absolute atomic E-state index is 0.0755. The average molecular weight is 192 g/mol. The summed E-state index contributed by atoms with van der Waals surface area (Å²) in [5.74, 6) is -0.112. The molecule has 3 heteroatoms. The standard InChI is InChI=1S/C11H12O3/c1-5-3-4-6-8(12)9-11(6,2)7(5)10(13)14-9/h3-7,9H,1-2H3/t5-,6+,7-,9-,11-/m0/s1. The number of carbonyl (C=O) groups is 2. The van der Waals surface area contributed by atoms with Crippen LogP contribution in [0.2, 0.25) is 0 Å². The first-order valence-corrected chi connectivity index (χ1v) is 4.99. The fourth-order valence-electron chi connectivity index (χ4n) is 3.31. The van der Waals surface area contributed by atoms with Crippen LogP contribution in [0.1, 0.15) is 13.8 Å². The topological polar surface area (TPSA) is 43.4 Å². The predicted molar refractivity (Wildman–Crippen MR) is 48.3 cm³/mol. The molecule has 1 heterocycles. The molecule has 0 spiro atoms. The number of carbonyl (C=O) groups excluding carboxylic acids is 2. The van der Waals surface area contributed by atoms with E-state index in [1.54, 1.807) is 0 Å². The van der Waals surface area contributed by atoms with Crippen molar-refractivity contribution < 1.29 is 14.3 Å². The number of esters is 1. The molecule has 3 aliphatic rings. The lowest BCUT2D eigenvalue weighted by molar-refractivity contribution is -0.162. The minimum atomic E-state index is -0.461. The number of Topliss-reactive ketones (excluding diaryl/α,β-unsaturated/α-hetero) is 1. The molecule has 5 atom stereocenters. The normalized spacial score (nSPS) is 53.9. The quantitative estimate of drug-likeness (QED) is 0.423. The molecule has 14 heavy (non-hydrogen) atoms. The van der Waals surface area contributed by atoms with Gasteiger partial charge in [0.15, 0.2) is 11.9 Å². The molecule has 0 amide bonds. The Morgan fingerprint density at radius 2 is 2.07 bits per heavy atom. The predicted octanol–water partition coefficient (Wildman–Crippen LogP) is 0.939. The highest BCUT2D eigenvalue weighted by Gasteiger charge is 2.71. The third-order valence-electron chi connectivity index (χ3n) is 4.09. The van der Waals surface area contributed by atoms with Gasteiger partial charge in [0, 0.05) is 11.3 Å². The molecule has 74 valence electrons. The molecule has 0 aromatic rings. The van der Waals surface area contributed by atoms with Crippen LogP contribution in [0.4, 0.5) is 0 Å². The molecule has 0 unspecified atom stereocenters. The number of allylic oxidation sites excluding steroid dienone is 2. The summed E-state index contributed by atoms with van der Waals surface area (Å²) in [6, 6.07) is 0. The van der Waals surface area contributed by atoms with Crippen LogP contribution in [-0.4, -0.2) is 17.9 Å². The van der Waals surface area contributed by atoms with E-state index in [4.69, 9.17) is 4.74 Å². The van der Waals surface area contributed by atoms with E-state index in [-0.39, 0.29) is 34.9 Å². The van der Waals surface area contributed by atoms with Crippen molar-refractivity contribution in [2.75, 3.05) is 0 Å². The summed E-state index contributed by atoms with van der Waals surface area (Å²) < 4.78 is 5.13. The van der Waals surface area contributed by atoms with Gasteiger partial charge >= 0.3 is 5.97 Å². The summed E-state index contributed by atoms with van der Waals surface area (Å²) in [7, 11) is 0. The van der Waals surface area contributed by atoms with Crippen LogP contribution < -0.4 is 0 Å². The van der Waals surface area contributed by atoms with Crippen molar-refractivity contribution in [3.8, 4) is 0 Å². The number of hydrogen-bond acceptors (Lipinski definition) is 3. The van der Waals surface area contributed by atoms with Gasteiger partial charge in [-0.15, -0.1) is 0 Å². The van der Waals surface area contributed by atoms with Gasteiger partial charge in [-0.25, -0.2) is 0 Å². The highest BCUT2D eigenvalue weighted by Crippen LogP contribution is 2.60. The first-order chi connectivity index (χ1) is 6.56. The lowest BCUT2D eigenvalue weighted by Gasteiger charge is -2.50. The molecular formula is C11H12O3. The lowest BCUT2D eigenvalue weighted by atomic mass is 9.49. The third kappa shape index (κ3) is 0.606. The first-order valence-electron chi connectivity index (χ1n) is 4.99. The van der Waals surface area contributed by atoms with Gasteiger partial charge in [0.2, 0.25) is 0 Å². The first kappa shape index (κ1) is 8.21. The van der Waals surface area contributed by atoms with E-state index in [0.29, 0.717) is 0 Å². The average Bonchev–Trinajstić information content (AvgIpc) is 2.38. The molecular weight excluding hydrogens is 180 g/mol. The van der Waals surface area contributed by atoms with Gasteiger partial charge in [-0.3, -0.25) is 9.59 Å². The van der Waals surface area contributed by atoms with E-state index in [2.05, 4.69) is 0 Å². The van der Waals surface area contributed by atoms with Crippen molar-refractivity contribution in [3.63, 3.8) is 0 Å². The highest BCUT2D eigenvalue weighted by molar-refractivity contribution is 6.01. The SMILES string of the molecule is C[C@H]1C=C[C@@H]2C(=O)[C@@H]3OC(=O)[C@H]1[C@]23C. The van der Waals surface area contributed by atoms with E-state index in [9.17, 15) is 9.59 Å². The van der Waals surface area contributed by atoms with E-state index >= 15 is 0 Å². The number of ether oxygens (including phenoxy) is 1. The Morgan fingerprint density at radius 1 is 1.36 bits per heavy atom. The summed E-state index contributed by atoms with van der Waals surface area (Å²) in [6.07, 6.45) is 3.46. The van der Waals surface area contributed by atoms with Gasteiger partial charge in [0.05, 0.1) is 5.92 Å². The zero-order valence-electron chi connectivity index (χ0n) is 8.19. The molecule has 3 nitrogen and oxygen atoms in total. The fourth-order valence-corrected chi connectivity index (χ4v) is 3.31. The molecule has 3 rings (SSSR count). The maximum atomic E-state index is 11.6.